The predicted molar refractivity (Wildman–Crippen MR) is 70.3 cm³/mol. The van der Waals surface area contributed by atoms with Crippen molar-refractivity contribution in [3.05, 3.63) is 11.1 Å². The first-order valence-electron chi connectivity index (χ1n) is 6.37. The van der Waals surface area contributed by atoms with Crippen molar-refractivity contribution in [2.45, 2.75) is 25.5 Å². The van der Waals surface area contributed by atoms with Crippen molar-refractivity contribution in [1.82, 2.24) is 4.98 Å². The smallest absolute Gasteiger partial charge is 0.207 e. The summed E-state index contributed by atoms with van der Waals surface area (Å²) in [6.07, 6.45) is -0.429. The van der Waals surface area contributed by atoms with Crippen molar-refractivity contribution < 1.29 is 18.9 Å². The Labute approximate surface area is 116 Å². The van der Waals surface area contributed by atoms with Crippen molar-refractivity contribution in [2.24, 2.45) is 0 Å². The average molecular weight is 286 g/mol. The minimum absolute atomic E-state index is 0.125. The summed E-state index contributed by atoms with van der Waals surface area (Å²) in [7, 11) is 1.71. The van der Waals surface area contributed by atoms with Gasteiger partial charge in [0.2, 0.25) is 6.29 Å². The number of anilines is 1. The van der Waals surface area contributed by atoms with Crippen LogP contribution < -0.4 is 4.90 Å². The molecule has 3 heterocycles. The van der Waals surface area contributed by atoms with Gasteiger partial charge in [-0.15, -0.1) is 11.3 Å². The molecule has 6 nitrogen and oxygen atoms in total. The maximum atomic E-state index is 5.49. The van der Waals surface area contributed by atoms with Gasteiger partial charge in [0, 0.05) is 19.0 Å². The van der Waals surface area contributed by atoms with E-state index in [1.807, 2.05) is 12.3 Å². The molecule has 0 N–H and O–H groups in total. The second kappa shape index (κ2) is 5.72. The van der Waals surface area contributed by atoms with Crippen LogP contribution in [0.25, 0.3) is 0 Å². The summed E-state index contributed by atoms with van der Waals surface area (Å²) >= 11 is 1.61. The molecule has 0 bridgehead atoms. The van der Waals surface area contributed by atoms with Crippen LogP contribution in [0.5, 0.6) is 0 Å². The molecular weight excluding hydrogens is 268 g/mol. The van der Waals surface area contributed by atoms with Crippen LogP contribution >= 0.6 is 11.3 Å². The van der Waals surface area contributed by atoms with Crippen molar-refractivity contribution >= 4 is 16.5 Å². The Balaban J connectivity index is 1.69. The normalized spacial score (nSPS) is 31.3. The molecule has 106 valence electrons. The highest BCUT2D eigenvalue weighted by molar-refractivity contribution is 7.13. The van der Waals surface area contributed by atoms with E-state index in [4.69, 9.17) is 18.9 Å². The number of hydrogen-bond donors (Lipinski definition) is 0. The van der Waals surface area contributed by atoms with Gasteiger partial charge in [-0.05, 0) is 6.92 Å². The van der Waals surface area contributed by atoms with E-state index in [0.29, 0.717) is 13.2 Å². The first-order valence-corrected chi connectivity index (χ1v) is 7.25. The van der Waals surface area contributed by atoms with Crippen LogP contribution in [0.15, 0.2) is 5.38 Å². The van der Waals surface area contributed by atoms with Gasteiger partial charge >= 0.3 is 0 Å². The van der Waals surface area contributed by atoms with Gasteiger partial charge in [-0.3, -0.25) is 0 Å². The summed E-state index contributed by atoms with van der Waals surface area (Å²) in [6, 6.07) is 0.222. The minimum atomic E-state index is -0.304. The molecule has 2 saturated heterocycles. The number of rotatable bonds is 4. The second-order valence-corrected chi connectivity index (χ2v) is 5.44. The monoisotopic (exact) mass is 286 g/mol. The zero-order valence-corrected chi connectivity index (χ0v) is 11.9. The number of aromatic nitrogens is 1. The SMILES string of the molecule is COC[C@H]1COCCN1c1nc(C2OC(C)O2)cs1. The predicted octanol–water partition coefficient (Wildman–Crippen LogP) is 1.39. The molecule has 0 aromatic carbocycles. The number of thiazole rings is 1. The van der Waals surface area contributed by atoms with Crippen molar-refractivity contribution in [1.29, 1.82) is 0 Å². The van der Waals surface area contributed by atoms with E-state index in [0.717, 1.165) is 24.0 Å². The van der Waals surface area contributed by atoms with Crippen molar-refractivity contribution in [3.63, 3.8) is 0 Å². The number of hydrogen-bond acceptors (Lipinski definition) is 7. The van der Waals surface area contributed by atoms with Gasteiger partial charge in [0.1, 0.15) is 5.69 Å². The van der Waals surface area contributed by atoms with E-state index < -0.39 is 0 Å². The maximum absolute atomic E-state index is 5.49. The molecule has 1 aromatic rings. The number of methoxy groups -OCH3 is 1. The highest BCUT2D eigenvalue weighted by Gasteiger charge is 2.32. The fraction of sp³-hybridized carbons (Fsp3) is 0.750. The van der Waals surface area contributed by atoms with Gasteiger partial charge in [-0.25, -0.2) is 4.98 Å². The molecule has 0 unspecified atom stereocenters. The first-order chi connectivity index (χ1) is 9.28. The Morgan fingerprint density at radius 3 is 3.11 bits per heavy atom. The van der Waals surface area contributed by atoms with Gasteiger partial charge < -0.3 is 23.8 Å². The standard InChI is InChI=1S/C12H18N2O4S/c1-8-17-11(18-8)10-7-19-12(13-10)14-3-4-16-6-9(14)5-15-2/h7-9,11H,3-6H2,1-2H3/t8?,9-,11?/m0/s1. The van der Waals surface area contributed by atoms with Gasteiger partial charge in [0.25, 0.3) is 0 Å². The lowest BCUT2D eigenvalue weighted by atomic mass is 10.2. The quantitative estimate of drug-likeness (QED) is 0.833. The lowest BCUT2D eigenvalue weighted by Gasteiger charge is -2.35. The summed E-state index contributed by atoms with van der Waals surface area (Å²) in [5.41, 5.74) is 0.848. The second-order valence-electron chi connectivity index (χ2n) is 4.60. The van der Waals surface area contributed by atoms with Crippen molar-refractivity contribution in [2.75, 3.05) is 38.4 Å². The Bertz CT molecular complexity index is 420. The van der Waals surface area contributed by atoms with Crippen LogP contribution in [0.4, 0.5) is 5.13 Å². The summed E-state index contributed by atoms with van der Waals surface area (Å²) in [6.45, 7) is 4.76. The Kier molecular flexibility index (Phi) is 3.99. The molecule has 0 radical (unpaired) electrons. The molecule has 7 heteroatoms. The minimum Gasteiger partial charge on any atom is -0.382 e. The average Bonchev–Trinajstić information content (AvgIpc) is 2.85. The lowest BCUT2D eigenvalue weighted by Crippen LogP contribution is -2.48. The lowest BCUT2D eigenvalue weighted by molar-refractivity contribution is -0.383. The summed E-state index contributed by atoms with van der Waals surface area (Å²) < 4.78 is 21.6. The Morgan fingerprint density at radius 1 is 1.53 bits per heavy atom. The summed E-state index contributed by atoms with van der Waals surface area (Å²) in [4.78, 5) is 6.85. The number of nitrogens with zero attached hydrogens (tertiary/aromatic N) is 2. The third-order valence-corrected chi connectivity index (χ3v) is 4.11. The van der Waals surface area contributed by atoms with Gasteiger partial charge in [0.15, 0.2) is 11.4 Å². The third-order valence-electron chi connectivity index (χ3n) is 3.21. The van der Waals surface area contributed by atoms with Gasteiger partial charge in [-0.1, -0.05) is 0 Å². The zero-order chi connectivity index (χ0) is 13.2. The van der Waals surface area contributed by atoms with E-state index in [1.165, 1.54) is 0 Å². The van der Waals surface area contributed by atoms with Crippen molar-refractivity contribution in [3.8, 4) is 0 Å². The zero-order valence-electron chi connectivity index (χ0n) is 11.1. The van der Waals surface area contributed by atoms with E-state index in [2.05, 4.69) is 9.88 Å². The number of morpholine rings is 1. The topological polar surface area (TPSA) is 53.1 Å². The number of ether oxygens (including phenoxy) is 4. The van der Waals surface area contributed by atoms with Crippen LogP contribution in [0.3, 0.4) is 0 Å². The molecule has 0 saturated carbocycles. The third kappa shape index (κ3) is 2.75. The van der Waals surface area contributed by atoms with E-state index in [9.17, 15) is 0 Å². The Hall–Kier alpha value is -0.730. The van der Waals surface area contributed by atoms with E-state index >= 15 is 0 Å². The highest BCUT2D eigenvalue weighted by Crippen LogP contribution is 2.34. The maximum Gasteiger partial charge on any atom is 0.207 e. The largest absolute Gasteiger partial charge is 0.382 e. The van der Waals surface area contributed by atoms with Crippen LogP contribution in [0, 0.1) is 0 Å². The molecule has 2 aliphatic heterocycles. The summed E-state index contributed by atoms with van der Waals surface area (Å²) in [5, 5.41) is 2.97. The molecule has 0 amide bonds. The van der Waals surface area contributed by atoms with Crippen LogP contribution in [-0.2, 0) is 18.9 Å². The van der Waals surface area contributed by atoms with E-state index in [-0.39, 0.29) is 18.6 Å². The van der Waals surface area contributed by atoms with Gasteiger partial charge in [-0.2, -0.15) is 0 Å². The van der Waals surface area contributed by atoms with Crippen LogP contribution in [0.1, 0.15) is 18.9 Å². The molecule has 0 spiro atoms. The molecular formula is C12H18N2O4S. The molecule has 1 aromatic heterocycles. The van der Waals surface area contributed by atoms with Gasteiger partial charge in [0.05, 0.1) is 25.9 Å². The highest BCUT2D eigenvalue weighted by atomic mass is 32.1. The molecule has 3 rings (SSSR count). The Morgan fingerprint density at radius 2 is 2.37 bits per heavy atom. The molecule has 2 fully saturated rings. The summed E-state index contributed by atoms with van der Waals surface area (Å²) in [5.74, 6) is 0. The first kappa shape index (κ1) is 13.3. The van der Waals surface area contributed by atoms with Crippen LogP contribution in [-0.4, -0.2) is 50.8 Å². The molecule has 0 aliphatic carbocycles. The molecule has 19 heavy (non-hydrogen) atoms. The van der Waals surface area contributed by atoms with E-state index in [1.54, 1.807) is 18.4 Å². The fourth-order valence-corrected chi connectivity index (χ4v) is 3.18. The van der Waals surface area contributed by atoms with Crippen LogP contribution in [0.2, 0.25) is 0 Å². The molecule has 2 aliphatic rings. The molecule has 1 atom stereocenters. The fourth-order valence-electron chi connectivity index (χ4n) is 2.25.